The minimum Gasteiger partial charge on any atom is -0.484 e. The summed E-state index contributed by atoms with van der Waals surface area (Å²) < 4.78 is 34.0. The first-order valence-corrected chi connectivity index (χ1v) is 12.6. The van der Waals surface area contributed by atoms with Gasteiger partial charge in [-0.3, -0.25) is 9.10 Å². The minimum atomic E-state index is -3.84. The van der Waals surface area contributed by atoms with E-state index in [4.69, 9.17) is 16.3 Å². The van der Waals surface area contributed by atoms with Crippen LogP contribution in [0, 0.1) is 6.92 Å². The Kier molecular flexibility index (Phi) is 7.89. The molecule has 180 valence electrons. The smallest absolute Gasteiger partial charge is 0.264 e. The van der Waals surface area contributed by atoms with Gasteiger partial charge < -0.3 is 10.1 Å². The highest BCUT2D eigenvalue weighted by Gasteiger charge is 2.25. The van der Waals surface area contributed by atoms with Crippen LogP contribution in [0.2, 0.25) is 5.02 Å². The van der Waals surface area contributed by atoms with Crippen LogP contribution in [-0.2, 0) is 21.4 Å². The molecule has 8 heteroatoms. The molecule has 0 aromatic heterocycles. The predicted molar refractivity (Wildman–Crippen MR) is 136 cm³/mol. The molecule has 1 amide bonds. The third-order valence-electron chi connectivity index (χ3n) is 4.86. The van der Waals surface area contributed by atoms with Crippen molar-refractivity contribution in [1.29, 1.82) is 0 Å². The molecule has 0 saturated carbocycles. The molecular weight excluding hydrogens is 472 g/mol. The third kappa shape index (κ3) is 6.98. The Bertz CT molecular complexity index is 1220. The number of benzene rings is 3. The second-order valence-electron chi connectivity index (χ2n) is 9.03. The molecule has 0 aliphatic heterocycles. The summed E-state index contributed by atoms with van der Waals surface area (Å²) in [5, 5.41) is 3.41. The lowest BCUT2D eigenvalue weighted by molar-refractivity contribution is -0.124. The maximum Gasteiger partial charge on any atom is 0.264 e. The molecule has 0 fully saturated rings. The van der Waals surface area contributed by atoms with E-state index in [0.29, 0.717) is 16.5 Å². The van der Waals surface area contributed by atoms with Crippen LogP contribution in [0.15, 0.2) is 77.7 Å². The van der Waals surface area contributed by atoms with Crippen LogP contribution < -0.4 is 14.4 Å². The van der Waals surface area contributed by atoms with Crippen molar-refractivity contribution in [3.8, 4) is 5.75 Å². The molecule has 0 saturated heterocycles. The first-order valence-electron chi connectivity index (χ1n) is 10.8. The van der Waals surface area contributed by atoms with Gasteiger partial charge in [-0.05, 0) is 81.8 Å². The summed E-state index contributed by atoms with van der Waals surface area (Å²) in [6, 6.07) is 20.4. The van der Waals surface area contributed by atoms with Gasteiger partial charge in [-0.2, -0.15) is 0 Å². The van der Waals surface area contributed by atoms with E-state index in [-0.39, 0.29) is 29.5 Å². The van der Waals surface area contributed by atoms with E-state index < -0.39 is 10.0 Å². The van der Waals surface area contributed by atoms with E-state index in [1.165, 1.54) is 4.31 Å². The Morgan fingerprint density at radius 1 is 0.941 bits per heavy atom. The van der Waals surface area contributed by atoms with Crippen molar-refractivity contribution >= 4 is 33.2 Å². The summed E-state index contributed by atoms with van der Waals surface area (Å²) >= 11 is 6.00. The lowest BCUT2D eigenvalue weighted by Gasteiger charge is -2.25. The summed E-state index contributed by atoms with van der Waals surface area (Å²) in [6.45, 7) is 7.58. The number of aryl methyl sites for hydroxylation is 1. The van der Waals surface area contributed by atoms with E-state index in [9.17, 15) is 13.2 Å². The quantitative estimate of drug-likeness (QED) is 0.453. The zero-order valence-corrected chi connectivity index (χ0v) is 21.3. The van der Waals surface area contributed by atoms with Crippen molar-refractivity contribution in [1.82, 2.24) is 5.32 Å². The first kappa shape index (κ1) is 25.6. The summed E-state index contributed by atoms with van der Waals surface area (Å²) in [6.07, 6.45) is 0. The van der Waals surface area contributed by atoms with Crippen LogP contribution in [0.25, 0.3) is 0 Å². The number of nitrogens with one attached hydrogen (secondary N) is 1. The topological polar surface area (TPSA) is 75.7 Å². The van der Waals surface area contributed by atoms with Crippen LogP contribution >= 0.6 is 11.6 Å². The Balaban J connectivity index is 1.86. The Morgan fingerprint density at radius 2 is 1.53 bits per heavy atom. The van der Waals surface area contributed by atoms with Crippen molar-refractivity contribution in [3.63, 3.8) is 0 Å². The molecule has 3 aromatic carbocycles. The van der Waals surface area contributed by atoms with Crippen molar-refractivity contribution in [3.05, 3.63) is 88.9 Å². The zero-order valence-electron chi connectivity index (χ0n) is 19.7. The number of sulfonamides is 1. The number of nitrogens with zero attached hydrogens (tertiary/aromatic N) is 1. The zero-order chi connectivity index (χ0) is 24.9. The van der Waals surface area contributed by atoms with Gasteiger partial charge in [0, 0.05) is 10.6 Å². The SMILES string of the molecule is Cc1ccc(S(=O)(=O)N(Cc2ccc(Cl)cc2)c2ccc(OCC(=O)NC(C)(C)C)cc2)cc1. The molecule has 0 atom stereocenters. The van der Waals surface area contributed by atoms with Crippen molar-refractivity contribution < 1.29 is 17.9 Å². The molecule has 3 rings (SSSR count). The fraction of sp³-hybridized carbons (Fsp3) is 0.269. The number of amides is 1. The van der Waals surface area contributed by atoms with Crippen LogP contribution in [-0.4, -0.2) is 26.5 Å². The van der Waals surface area contributed by atoms with E-state index in [1.807, 2.05) is 27.7 Å². The molecule has 0 bridgehead atoms. The summed E-state index contributed by atoms with van der Waals surface area (Å²) in [5.74, 6) is 0.231. The van der Waals surface area contributed by atoms with Gasteiger partial charge in [0.2, 0.25) is 0 Å². The highest BCUT2D eigenvalue weighted by molar-refractivity contribution is 7.92. The lowest BCUT2D eigenvalue weighted by atomic mass is 10.1. The van der Waals surface area contributed by atoms with Crippen molar-refractivity contribution in [2.45, 2.75) is 44.7 Å². The van der Waals surface area contributed by atoms with Gasteiger partial charge in [-0.25, -0.2) is 8.42 Å². The number of carbonyl (C=O) groups excluding carboxylic acids is 1. The van der Waals surface area contributed by atoms with Gasteiger partial charge in [0.25, 0.3) is 15.9 Å². The lowest BCUT2D eigenvalue weighted by Crippen LogP contribution is -2.43. The fourth-order valence-corrected chi connectivity index (χ4v) is 4.80. The summed E-state index contributed by atoms with van der Waals surface area (Å²) in [7, 11) is -3.84. The van der Waals surface area contributed by atoms with E-state index >= 15 is 0 Å². The van der Waals surface area contributed by atoms with E-state index in [0.717, 1.165) is 11.1 Å². The maximum atomic E-state index is 13.6. The minimum absolute atomic E-state index is 0.127. The molecule has 0 heterocycles. The number of hydrogen-bond acceptors (Lipinski definition) is 4. The second-order valence-corrected chi connectivity index (χ2v) is 11.3. The third-order valence-corrected chi connectivity index (χ3v) is 6.90. The van der Waals surface area contributed by atoms with Crippen molar-refractivity contribution in [2.24, 2.45) is 0 Å². The molecule has 0 spiro atoms. The normalized spacial score (nSPS) is 11.7. The first-order chi connectivity index (χ1) is 15.9. The second kappa shape index (κ2) is 10.5. The average molecular weight is 501 g/mol. The molecule has 0 radical (unpaired) electrons. The number of halogens is 1. The highest BCUT2D eigenvalue weighted by atomic mass is 35.5. The molecular formula is C26H29ClN2O4S. The van der Waals surface area contributed by atoms with E-state index in [1.54, 1.807) is 72.8 Å². The fourth-order valence-electron chi connectivity index (χ4n) is 3.22. The molecule has 1 N–H and O–H groups in total. The van der Waals surface area contributed by atoms with Gasteiger partial charge in [0.1, 0.15) is 5.75 Å². The van der Waals surface area contributed by atoms with Crippen LogP contribution in [0.3, 0.4) is 0 Å². The maximum absolute atomic E-state index is 13.6. The Labute approximate surface area is 206 Å². The Hall–Kier alpha value is -3.03. The molecule has 0 aliphatic carbocycles. The van der Waals surface area contributed by atoms with Crippen LogP contribution in [0.5, 0.6) is 5.75 Å². The van der Waals surface area contributed by atoms with Crippen molar-refractivity contribution in [2.75, 3.05) is 10.9 Å². The van der Waals surface area contributed by atoms with E-state index in [2.05, 4.69) is 5.32 Å². The number of anilines is 1. The molecule has 6 nitrogen and oxygen atoms in total. The van der Waals surface area contributed by atoms with Gasteiger partial charge >= 0.3 is 0 Å². The number of carbonyl (C=O) groups is 1. The summed E-state index contributed by atoms with van der Waals surface area (Å²) in [4.78, 5) is 12.2. The predicted octanol–water partition coefficient (Wildman–Crippen LogP) is 5.34. The van der Waals surface area contributed by atoms with Gasteiger partial charge in [0.05, 0.1) is 17.1 Å². The summed E-state index contributed by atoms with van der Waals surface area (Å²) in [5.41, 5.74) is 1.89. The molecule has 0 unspecified atom stereocenters. The average Bonchev–Trinajstić information content (AvgIpc) is 2.77. The number of ether oxygens (including phenoxy) is 1. The van der Waals surface area contributed by atoms with Crippen LogP contribution in [0.4, 0.5) is 5.69 Å². The monoisotopic (exact) mass is 500 g/mol. The highest BCUT2D eigenvalue weighted by Crippen LogP contribution is 2.28. The Morgan fingerprint density at radius 3 is 2.09 bits per heavy atom. The van der Waals surface area contributed by atoms with Gasteiger partial charge in [0.15, 0.2) is 6.61 Å². The molecule has 3 aromatic rings. The number of hydrogen-bond donors (Lipinski definition) is 1. The number of rotatable bonds is 8. The van der Waals surface area contributed by atoms with Crippen LogP contribution in [0.1, 0.15) is 31.9 Å². The van der Waals surface area contributed by atoms with Gasteiger partial charge in [-0.1, -0.05) is 41.4 Å². The molecule has 34 heavy (non-hydrogen) atoms. The van der Waals surface area contributed by atoms with Gasteiger partial charge in [-0.15, -0.1) is 0 Å². The largest absolute Gasteiger partial charge is 0.484 e. The molecule has 0 aliphatic rings. The standard InChI is InChI=1S/C26H29ClN2O4S/c1-19-5-15-24(16-6-19)34(31,32)29(17-20-7-9-21(27)10-8-20)22-11-13-23(14-12-22)33-18-25(30)28-26(2,3)4/h5-16H,17-18H2,1-4H3,(H,28,30).